The molecule has 0 fully saturated rings. The maximum Gasteiger partial charge on any atom is 0.337 e. The van der Waals surface area contributed by atoms with Crippen LogP contribution in [0.1, 0.15) is 20.9 Å². The highest BCUT2D eigenvalue weighted by Crippen LogP contribution is 2.19. The van der Waals surface area contributed by atoms with E-state index in [2.05, 4.69) is 26.0 Å². The van der Waals surface area contributed by atoms with Crippen LogP contribution in [0.5, 0.6) is 0 Å². The highest BCUT2D eigenvalue weighted by molar-refractivity contribution is 9.10. The first-order valence-electron chi connectivity index (χ1n) is 5.46. The van der Waals surface area contributed by atoms with Gasteiger partial charge >= 0.3 is 5.97 Å². The van der Waals surface area contributed by atoms with Crippen LogP contribution < -0.4 is 5.32 Å². The quantitative estimate of drug-likeness (QED) is 0.870. The van der Waals surface area contributed by atoms with Gasteiger partial charge in [-0.2, -0.15) is 0 Å². The number of esters is 1. The van der Waals surface area contributed by atoms with Crippen molar-refractivity contribution in [2.75, 3.05) is 12.4 Å². The Labute approximate surface area is 121 Å². The van der Waals surface area contributed by atoms with Gasteiger partial charge in [-0.15, -0.1) is 0 Å². The van der Waals surface area contributed by atoms with Gasteiger partial charge in [-0.25, -0.2) is 9.18 Å². The van der Waals surface area contributed by atoms with Crippen molar-refractivity contribution in [2.45, 2.75) is 0 Å². The van der Waals surface area contributed by atoms with Gasteiger partial charge in [0.25, 0.3) is 5.91 Å². The molecule has 20 heavy (non-hydrogen) atoms. The van der Waals surface area contributed by atoms with Gasteiger partial charge < -0.3 is 14.5 Å². The van der Waals surface area contributed by atoms with Gasteiger partial charge in [-0.3, -0.25) is 4.79 Å². The molecule has 0 saturated heterocycles. The first-order valence-corrected chi connectivity index (χ1v) is 6.25. The number of halogens is 2. The Bertz CT molecular complexity index is 668. The monoisotopic (exact) mass is 341 g/mol. The number of methoxy groups -OCH3 is 1. The molecule has 0 atom stereocenters. The number of amides is 1. The lowest BCUT2D eigenvalue weighted by atomic mass is 10.2. The number of ether oxygens (including phenoxy) is 1. The van der Waals surface area contributed by atoms with Crippen LogP contribution in [0.4, 0.5) is 10.1 Å². The van der Waals surface area contributed by atoms with Crippen LogP contribution in [0, 0.1) is 5.82 Å². The molecule has 1 N–H and O–H groups in total. The molecule has 7 heteroatoms. The number of hydrogen-bond donors (Lipinski definition) is 1. The predicted octanol–water partition coefficient (Wildman–Crippen LogP) is 3.22. The van der Waals surface area contributed by atoms with E-state index in [0.717, 1.165) is 6.07 Å². The standard InChI is InChI=1S/C13H9BrFNO4/c1-19-13(18)7-2-3-8(15)9(6-7)16-12(17)10-4-5-11(14)20-10/h2-6H,1H3,(H,16,17). The van der Waals surface area contributed by atoms with Crippen molar-refractivity contribution in [3.05, 3.63) is 52.1 Å². The van der Waals surface area contributed by atoms with Crippen molar-refractivity contribution >= 4 is 33.5 Å². The molecule has 0 radical (unpaired) electrons. The van der Waals surface area contributed by atoms with Gasteiger partial charge in [0, 0.05) is 0 Å². The van der Waals surface area contributed by atoms with Gasteiger partial charge in [0.1, 0.15) is 5.82 Å². The average Bonchev–Trinajstić information content (AvgIpc) is 2.87. The lowest BCUT2D eigenvalue weighted by Gasteiger charge is -2.06. The zero-order valence-corrected chi connectivity index (χ0v) is 11.9. The molecule has 2 aromatic rings. The van der Waals surface area contributed by atoms with E-state index in [0.29, 0.717) is 4.67 Å². The molecule has 2 rings (SSSR count). The molecular formula is C13H9BrFNO4. The molecule has 1 amide bonds. The molecule has 0 aliphatic heterocycles. The Hall–Kier alpha value is -2.15. The van der Waals surface area contributed by atoms with Gasteiger partial charge in [-0.05, 0) is 46.3 Å². The van der Waals surface area contributed by atoms with Crippen molar-refractivity contribution in [2.24, 2.45) is 0 Å². The molecule has 104 valence electrons. The van der Waals surface area contributed by atoms with E-state index in [1.807, 2.05) is 0 Å². The minimum atomic E-state index is -0.670. The normalized spacial score (nSPS) is 10.2. The molecule has 0 bridgehead atoms. The Morgan fingerprint density at radius 1 is 1.30 bits per heavy atom. The van der Waals surface area contributed by atoms with Crippen LogP contribution in [-0.2, 0) is 4.74 Å². The number of benzene rings is 1. The Morgan fingerprint density at radius 2 is 2.05 bits per heavy atom. The van der Waals surface area contributed by atoms with Crippen LogP contribution in [0.15, 0.2) is 39.4 Å². The first-order chi connectivity index (χ1) is 9.51. The maximum atomic E-state index is 13.6. The van der Waals surface area contributed by atoms with E-state index in [1.54, 1.807) is 0 Å². The van der Waals surface area contributed by atoms with Crippen molar-refractivity contribution in [3.63, 3.8) is 0 Å². The van der Waals surface area contributed by atoms with Crippen molar-refractivity contribution < 1.29 is 23.1 Å². The summed E-state index contributed by atoms with van der Waals surface area (Å²) in [5.41, 5.74) is -0.00440. The summed E-state index contributed by atoms with van der Waals surface area (Å²) in [7, 11) is 1.21. The first kappa shape index (κ1) is 14.3. The van der Waals surface area contributed by atoms with E-state index in [9.17, 15) is 14.0 Å². The Kier molecular flexibility index (Phi) is 4.19. The summed E-state index contributed by atoms with van der Waals surface area (Å²) in [6, 6.07) is 6.49. The molecule has 1 heterocycles. The molecule has 0 aliphatic carbocycles. The Morgan fingerprint density at radius 3 is 2.65 bits per heavy atom. The van der Waals surface area contributed by atoms with E-state index in [1.165, 1.54) is 31.4 Å². The number of rotatable bonds is 3. The highest BCUT2D eigenvalue weighted by atomic mass is 79.9. The average molecular weight is 342 g/mol. The van der Waals surface area contributed by atoms with Crippen LogP contribution in [0.3, 0.4) is 0 Å². The second-order valence-corrected chi connectivity index (χ2v) is 4.53. The number of nitrogens with one attached hydrogen (secondary N) is 1. The van der Waals surface area contributed by atoms with Gasteiger partial charge in [0.05, 0.1) is 18.4 Å². The lowest BCUT2D eigenvalue weighted by Crippen LogP contribution is -2.13. The van der Waals surface area contributed by atoms with Crippen molar-refractivity contribution in [3.8, 4) is 0 Å². The number of anilines is 1. The third-order valence-corrected chi connectivity index (χ3v) is 2.86. The van der Waals surface area contributed by atoms with Gasteiger partial charge in [0.15, 0.2) is 10.4 Å². The van der Waals surface area contributed by atoms with Gasteiger partial charge in [0.2, 0.25) is 0 Å². The largest absolute Gasteiger partial charge is 0.465 e. The molecule has 0 aliphatic rings. The second kappa shape index (κ2) is 5.87. The summed E-state index contributed by atoms with van der Waals surface area (Å²) in [5.74, 6) is -1.91. The highest BCUT2D eigenvalue weighted by Gasteiger charge is 2.15. The molecule has 0 spiro atoms. The molecule has 1 aromatic carbocycles. The minimum absolute atomic E-state index is 0.0137. The summed E-state index contributed by atoms with van der Waals surface area (Å²) in [4.78, 5) is 23.2. The zero-order chi connectivity index (χ0) is 14.7. The van der Waals surface area contributed by atoms with E-state index in [4.69, 9.17) is 4.42 Å². The van der Waals surface area contributed by atoms with E-state index < -0.39 is 17.7 Å². The summed E-state index contributed by atoms with van der Waals surface area (Å²) < 4.78 is 23.6. The van der Waals surface area contributed by atoms with E-state index in [-0.39, 0.29) is 17.0 Å². The minimum Gasteiger partial charge on any atom is -0.465 e. The number of carbonyl (C=O) groups excluding carboxylic acids is 2. The summed E-state index contributed by atoms with van der Waals surface area (Å²) >= 11 is 3.06. The third-order valence-electron chi connectivity index (χ3n) is 2.43. The van der Waals surface area contributed by atoms with E-state index >= 15 is 0 Å². The van der Waals surface area contributed by atoms with Crippen molar-refractivity contribution in [1.82, 2.24) is 0 Å². The predicted molar refractivity (Wildman–Crippen MR) is 72.1 cm³/mol. The second-order valence-electron chi connectivity index (χ2n) is 3.74. The topological polar surface area (TPSA) is 68.5 Å². The maximum absolute atomic E-state index is 13.6. The molecule has 5 nitrogen and oxygen atoms in total. The fourth-order valence-electron chi connectivity index (χ4n) is 1.49. The number of carbonyl (C=O) groups is 2. The fourth-order valence-corrected chi connectivity index (χ4v) is 1.79. The smallest absolute Gasteiger partial charge is 0.337 e. The number of hydrogen-bond acceptors (Lipinski definition) is 4. The zero-order valence-electron chi connectivity index (χ0n) is 10.3. The molecule has 0 unspecified atom stereocenters. The lowest BCUT2D eigenvalue weighted by molar-refractivity contribution is 0.0600. The molecule has 0 saturated carbocycles. The molecular weight excluding hydrogens is 333 g/mol. The SMILES string of the molecule is COC(=O)c1ccc(F)c(NC(=O)c2ccc(Br)o2)c1. The summed E-state index contributed by atoms with van der Waals surface area (Å²) in [6.07, 6.45) is 0. The fraction of sp³-hybridized carbons (Fsp3) is 0.0769. The van der Waals surface area contributed by atoms with Gasteiger partial charge in [-0.1, -0.05) is 0 Å². The Balaban J connectivity index is 2.24. The van der Waals surface area contributed by atoms with Crippen LogP contribution in [0.25, 0.3) is 0 Å². The molecule has 1 aromatic heterocycles. The van der Waals surface area contributed by atoms with Crippen molar-refractivity contribution in [1.29, 1.82) is 0 Å². The number of furan rings is 1. The summed E-state index contributed by atoms with van der Waals surface area (Å²) in [5, 5.41) is 2.32. The van der Waals surface area contributed by atoms with Crippen LogP contribution >= 0.6 is 15.9 Å². The van der Waals surface area contributed by atoms with Crippen LogP contribution in [0.2, 0.25) is 0 Å². The summed E-state index contributed by atoms with van der Waals surface area (Å²) in [6.45, 7) is 0. The van der Waals surface area contributed by atoms with Crippen LogP contribution in [-0.4, -0.2) is 19.0 Å². The third kappa shape index (κ3) is 3.05.